The van der Waals surface area contributed by atoms with E-state index in [1.54, 1.807) is 0 Å². The molecular formula is C21H24F3N3O2. The molecule has 2 fully saturated rings. The Kier molecular flexibility index (Phi) is 5.63. The lowest BCUT2D eigenvalue weighted by molar-refractivity contribution is -0.137. The second-order valence-electron chi connectivity index (χ2n) is 7.88. The summed E-state index contributed by atoms with van der Waals surface area (Å²) >= 11 is 0. The second kappa shape index (κ2) is 8.18. The van der Waals surface area contributed by atoms with Crippen LogP contribution in [0, 0.1) is 0 Å². The predicted molar refractivity (Wildman–Crippen MR) is 101 cm³/mol. The summed E-state index contributed by atoms with van der Waals surface area (Å²) in [6, 6.07) is 5.26. The Hall–Kier alpha value is -2.35. The SMILES string of the molecule is O=C(NC1CCCC1)c1noc(-c2ccc(C(F)(F)F)cc2)c1CNC1CCC1. The Morgan fingerprint density at radius 3 is 2.28 bits per heavy atom. The van der Waals surface area contributed by atoms with Gasteiger partial charge in [-0.15, -0.1) is 0 Å². The number of rotatable bonds is 6. The number of benzene rings is 1. The molecule has 1 aromatic heterocycles. The van der Waals surface area contributed by atoms with Crippen LogP contribution in [0.4, 0.5) is 13.2 Å². The predicted octanol–water partition coefficient (Wildman–Crippen LogP) is 4.67. The minimum absolute atomic E-state index is 0.140. The van der Waals surface area contributed by atoms with Crippen LogP contribution < -0.4 is 10.6 Å². The number of alkyl halides is 3. The topological polar surface area (TPSA) is 67.2 Å². The molecule has 0 aliphatic heterocycles. The Morgan fingerprint density at radius 1 is 1.03 bits per heavy atom. The van der Waals surface area contributed by atoms with E-state index in [-0.39, 0.29) is 17.6 Å². The highest BCUT2D eigenvalue weighted by molar-refractivity contribution is 5.95. The lowest BCUT2D eigenvalue weighted by Gasteiger charge is -2.26. The maximum atomic E-state index is 12.9. The van der Waals surface area contributed by atoms with Crippen LogP contribution in [0.3, 0.4) is 0 Å². The minimum atomic E-state index is -4.40. The van der Waals surface area contributed by atoms with Gasteiger partial charge in [0.1, 0.15) is 0 Å². The largest absolute Gasteiger partial charge is 0.416 e. The van der Waals surface area contributed by atoms with Gasteiger partial charge in [0, 0.05) is 29.8 Å². The quantitative estimate of drug-likeness (QED) is 0.730. The third-order valence-corrected chi connectivity index (χ3v) is 5.84. The maximum Gasteiger partial charge on any atom is 0.416 e. The van der Waals surface area contributed by atoms with Crippen molar-refractivity contribution in [1.82, 2.24) is 15.8 Å². The van der Waals surface area contributed by atoms with E-state index in [1.165, 1.54) is 18.6 Å². The van der Waals surface area contributed by atoms with Crippen LogP contribution in [0.25, 0.3) is 11.3 Å². The molecule has 2 aliphatic carbocycles. The van der Waals surface area contributed by atoms with Crippen molar-refractivity contribution in [2.45, 2.75) is 69.8 Å². The van der Waals surface area contributed by atoms with Gasteiger partial charge in [0.25, 0.3) is 5.91 Å². The van der Waals surface area contributed by atoms with Gasteiger partial charge >= 0.3 is 6.18 Å². The van der Waals surface area contributed by atoms with Gasteiger partial charge in [0.05, 0.1) is 5.56 Å². The Morgan fingerprint density at radius 2 is 1.69 bits per heavy atom. The van der Waals surface area contributed by atoms with Gasteiger partial charge < -0.3 is 15.2 Å². The number of carbonyl (C=O) groups is 1. The van der Waals surface area contributed by atoms with Gasteiger partial charge in [-0.3, -0.25) is 4.79 Å². The third-order valence-electron chi connectivity index (χ3n) is 5.84. The second-order valence-corrected chi connectivity index (χ2v) is 7.88. The monoisotopic (exact) mass is 407 g/mol. The smallest absolute Gasteiger partial charge is 0.355 e. The molecule has 1 heterocycles. The van der Waals surface area contributed by atoms with Crippen molar-refractivity contribution in [2.24, 2.45) is 0 Å². The molecule has 2 saturated carbocycles. The Bertz CT molecular complexity index is 851. The molecule has 2 aliphatic rings. The molecule has 0 saturated heterocycles. The molecule has 0 unspecified atom stereocenters. The minimum Gasteiger partial charge on any atom is -0.355 e. The van der Waals surface area contributed by atoms with Crippen LogP contribution in [0.1, 0.15) is 66.6 Å². The van der Waals surface area contributed by atoms with Crippen LogP contribution in [0.15, 0.2) is 28.8 Å². The molecule has 8 heteroatoms. The lowest BCUT2D eigenvalue weighted by atomic mass is 9.93. The van der Waals surface area contributed by atoms with Crippen molar-refractivity contribution in [3.63, 3.8) is 0 Å². The van der Waals surface area contributed by atoms with Crippen molar-refractivity contribution < 1.29 is 22.5 Å². The van der Waals surface area contributed by atoms with E-state index in [2.05, 4.69) is 15.8 Å². The first-order chi connectivity index (χ1) is 13.9. The van der Waals surface area contributed by atoms with E-state index in [0.29, 0.717) is 29.5 Å². The van der Waals surface area contributed by atoms with Crippen LogP contribution in [0.5, 0.6) is 0 Å². The summed E-state index contributed by atoms with van der Waals surface area (Å²) < 4.78 is 44.0. The summed E-state index contributed by atoms with van der Waals surface area (Å²) in [5.41, 5.74) is 0.538. The molecule has 156 valence electrons. The molecule has 0 bridgehead atoms. The summed E-state index contributed by atoms with van der Waals surface area (Å²) in [6.45, 7) is 0.387. The van der Waals surface area contributed by atoms with Crippen molar-refractivity contribution in [2.75, 3.05) is 0 Å². The number of nitrogens with one attached hydrogen (secondary N) is 2. The van der Waals surface area contributed by atoms with E-state index in [9.17, 15) is 18.0 Å². The average Bonchev–Trinajstić information content (AvgIpc) is 3.29. The van der Waals surface area contributed by atoms with Crippen molar-refractivity contribution in [3.05, 3.63) is 41.1 Å². The molecule has 1 aromatic carbocycles. The summed E-state index contributed by atoms with van der Waals surface area (Å²) in [7, 11) is 0. The number of hydrogen-bond acceptors (Lipinski definition) is 4. The van der Waals surface area contributed by atoms with Crippen molar-refractivity contribution >= 4 is 5.91 Å². The zero-order valence-corrected chi connectivity index (χ0v) is 16.0. The molecule has 0 radical (unpaired) electrons. The van der Waals surface area contributed by atoms with Crippen LogP contribution >= 0.6 is 0 Å². The van der Waals surface area contributed by atoms with E-state index in [0.717, 1.165) is 50.7 Å². The molecule has 0 spiro atoms. The zero-order chi connectivity index (χ0) is 20.4. The zero-order valence-electron chi connectivity index (χ0n) is 16.0. The summed E-state index contributed by atoms with van der Waals surface area (Å²) in [5.74, 6) is 0.0475. The summed E-state index contributed by atoms with van der Waals surface area (Å²) in [4.78, 5) is 12.8. The molecular weight excluding hydrogens is 383 g/mol. The van der Waals surface area contributed by atoms with Crippen LogP contribution in [-0.4, -0.2) is 23.1 Å². The fourth-order valence-corrected chi connectivity index (χ4v) is 3.87. The van der Waals surface area contributed by atoms with E-state index >= 15 is 0 Å². The van der Waals surface area contributed by atoms with E-state index < -0.39 is 11.7 Å². The average molecular weight is 407 g/mol. The number of carbonyl (C=O) groups excluding carboxylic acids is 1. The number of nitrogens with zero attached hydrogens (tertiary/aromatic N) is 1. The van der Waals surface area contributed by atoms with Gasteiger partial charge in [-0.2, -0.15) is 13.2 Å². The fourth-order valence-electron chi connectivity index (χ4n) is 3.87. The summed E-state index contributed by atoms with van der Waals surface area (Å²) in [5, 5.41) is 10.4. The first kappa shape index (κ1) is 19.9. The van der Waals surface area contributed by atoms with Gasteiger partial charge in [0.15, 0.2) is 11.5 Å². The Balaban J connectivity index is 1.59. The highest BCUT2D eigenvalue weighted by Crippen LogP contribution is 2.33. The van der Waals surface area contributed by atoms with Gasteiger partial charge in [-0.25, -0.2) is 0 Å². The Labute approximate surface area is 167 Å². The first-order valence-electron chi connectivity index (χ1n) is 10.1. The van der Waals surface area contributed by atoms with Crippen LogP contribution in [-0.2, 0) is 12.7 Å². The fraction of sp³-hybridized carbons (Fsp3) is 0.524. The molecule has 0 atom stereocenters. The molecule has 5 nitrogen and oxygen atoms in total. The normalized spacial score (nSPS) is 18.0. The highest BCUT2D eigenvalue weighted by Gasteiger charge is 2.31. The van der Waals surface area contributed by atoms with Gasteiger partial charge in [-0.1, -0.05) is 36.6 Å². The van der Waals surface area contributed by atoms with Crippen molar-refractivity contribution in [3.8, 4) is 11.3 Å². The molecule has 1 amide bonds. The number of hydrogen-bond donors (Lipinski definition) is 2. The first-order valence-corrected chi connectivity index (χ1v) is 10.1. The van der Waals surface area contributed by atoms with E-state index in [1.807, 2.05) is 0 Å². The maximum absolute atomic E-state index is 12.9. The third kappa shape index (κ3) is 4.47. The standard InChI is InChI=1S/C21H24F3N3O2/c22-21(23,24)14-10-8-13(9-11-14)19-17(12-25-15-6-3-7-15)18(27-29-19)20(28)26-16-4-1-2-5-16/h8-11,15-16,25H,1-7,12H2,(H,26,28). The number of aromatic nitrogens is 1. The molecule has 2 N–H and O–H groups in total. The van der Waals surface area contributed by atoms with Crippen molar-refractivity contribution in [1.29, 1.82) is 0 Å². The number of amides is 1. The highest BCUT2D eigenvalue weighted by atomic mass is 19.4. The van der Waals surface area contributed by atoms with E-state index in [4.69, 9.17) is 4.52 Å². The van der Waals surface area contributed by atoms with Gasteiger partial charge in [0.2, 0.25) is 0 Å². The van der Waals surface area contributed by atoms with Gasteiger partial charge in [-0.05, 0) is 37.8 Å². The summed E-state index contributed by atoms with van der Waals surface area (Å²) in [6.07, 6.45) is 3.00. The van der Waals surface area contributed by atoms with Crippen LogP contribution in [0.2, 0.25) is 0 Å². The molecule has 4 rings (SSSR count). The molecule has 2 aromatic rings. The number of halogens is 3. The lowest BCUT2D eigenvalue weighted by Crippen LogP contribution is -2.36. The molecule has 29 heavy (non-hydrogen) atoms.